The number of aryl methyl sites for hydroxylation is 2. The van der Waals surface area contributed by atoms with E-state index < -0.39 is 0 Å². The van der Waals surface area contributed by atoms with Crippen molar-refractivity contribution in [2.45, 2.75) is 33.7 Å². The molecule has 2 rings (SSSR count). The van der Waals surface area contributed by atoms with E-state index in [-0.39, 0.29) is 11.9 Å². The lowest BCUT2D eigenvalue weighted by Gasteiger charge is -2.06. The number of benzene rings is 1. The van der Waals surface area contributed by atoms with Crippen molar-refractivity contribution in [1.29, 1.82) is 0 Å². The molecule has 0 aliphatic carbocycles. The fourth-order valence-electron chi connectivity index (χ4n) is 1.93. The minimum Gasteiger partial charge on any atom is -0.450 e. The summed E-state index contributed by atoms with van der Waals surface area (Å²) in [7, 11) is 0. The molecule has 2 aromatic rings. The maximum atomic E-state index is 12.0. The number of amides is 1. The zero-order chi connectivity index (χ0) is 12.6. The second-order valence-electron chi connectivity index (χ2n) is 4.64. The van der Waals surface area contributed by atoms with Crippen LogP contribution in [-0.4, -0.2) is 11.9 Å². The van der Waals surface area contributed by atoms with E-state index in [0.29, 0.717) is 5.76 Å². The van der Waals surface area contributed by atoms with Crippen LogP contribution >= 0.6 is 0 Å². The van der Waals surface area contributed by atoms with Crippen LogP contribution in [0.15, 0.2) is 22.6 Å². The first-order valence-electron chi connectivity index (χ1n) is 5.80. The fourth-order valence-corrected chi connectivity index (χ4v) is 1.93. The first-order chi connectivity index (χ1) is 8.00. The summed E-state index contributed by atoms with van der Waals surface area (Å²) in [5.74, 6) is 0.274. The van der Waals surface area contributed by atoms with Crippen LogP contribution in [0.1, 0.15) is 35.5 Å². The second kappa shape index (κ2) is 4.24. The highest BCUT2D eigenvalue weighted by Gasteiger charge is 2.18. The SMILES string of the molecule is Cc1c(C(=O)NC(C)C)oc2c(C)cccc12. The Labute approximate surface area is 101 Å². The van der Waals surface area contributed by atoms with Gasteiger partial charge in [-0.25, -0.2) is 0 Å². The van der Waals surface area contributed by atoms with Crippen molar-refractivity contribution in [3.8, 4) is 0 Å². The third-order valence-electron chi connectivity index (χ3n) is 2.79. The van der Waals surface area contributed by atoms with Crippen LogP contribution in [0.25, 0.3) is 11.0 Å². The maximum Gasteiger partial charge on any atom is 0.287 e. The number of furan rings is 1. The van der Waals surface area contributed by atoms with Gasteiger partial charge in [0.25, 0.3) is 5.91 Å². The van der Waals surface area contributed by atoms with Crippen LogP contribution in [0.4, 0.5) is 0 Å². The van der Waals surface area contributed by atoms with Gasteiger partial charge in [-0.3, -0.25) is 4.79 Å². The van der Waals surface area contributed by atoms with Crippen LogP contribution in [0.2, 0.25) is 0 Å². The number of hydrogen-bond donors (Lipinski definition) is 1. The lowest BCUT2D eigenvalue weighted by atomic mass is 10.1. The Hall–Kier alpha value is -1.77. The average molecular weight is 231 g/mol. The standard InChI is InChI=1S/C14H17NO2/c1-8(2)15-14(16)13-10(4)11-7-5-6-9(3)12(11)17-13/h5-8H,1-4H3,(H,15,16). The van der Waals surface area contributed by atoms with Crippen molar-refractivity contribution in [2.24, 2.45) is 0 Å². The summed E-state index contributed by atoms with van der Waals surface area (Å²) in [6.45, 7) is 7.76. The number of nitrogens with one attached hydrogen (secondary N) is 1. The van der Waals surface area contributed by atoms with Crippen molar-refractivity contribution >= 4 is 16.9 Å². The summed E-state index contributed by atoms with van der Waals surface area (Å²) in [6.07, 6.45) is 0. The number of para-hydroxylation sites is 1. The number of carbonyl (C=O) groups excluding carboxylic acids is 1. The lowest BCUT2D eigenvalue weighted by molar-refractivity contribution is 0.0916. The van der Waals surface area contributed by atoms with Crippen molar-refractivity contribution in [2.75, 3.05) is 0 Å². The third-order valence-corrected chi connectivity index (χ3v) is 2.79. The number of fused-ring (bicyclic) bond motifs is 1. The molecule has 1 aromatic carbocycles. The molecule has 1 aromatic heterocycles. The molecule has 1 heterocycles. The van der Waals surface area contributed by atoms with Gasteiger partial charge in [0.2, 0.25) is 0 Å². The lowest BCUT2D eigenvalue weighted by Crippen LogP contribution is -2.30. The first-order valence-corrected chi connectivity index (χ1v) is 5.80. The molecule has 0 radical (unpaired) electrons. The van der Waals surface area contributed by atoms with Gasteiger partial charge < -0.3 is 9.73 Å². The smallest absolute Gasteiger partial charge is 0.287 e. The highest BCUT2D eigenvalue weighted by molar-refractivity contribution is 5.99. The molecule has 90 valence electrons. The Balaban J connectivity index is 2.52. The summed E-state index contributed by atoms with van der Waals surface area (Å²) in [6, 6.07) is 6.05. The second-order valence-corrected chi connectivity index (χ2v) is 4.64. The molecule has 3 nitrogen and oxygen atoms in total. The van der Waals surface area contributed by atoms with Gasteiger partial charge in [0.05, 0.1) is 0 Å². The number of hydrogen-bond acceptors (Lipinski definition) is 2. The summed E-state index contributed by atoms with van der Waals surface area (Å²) >= 11 is 0. The normalized spacial score (nSPS) is 11.1. The molecule has 3 heteroatoms. The molecule has 0 bridgehead atoms. The molecule has 1 amide bonds. The fraction of sp³-hybridized carbons (Fsp3) is 0.357. The number of rotatable bonds is 2. The molecule has 0 fully saturated rings. The largest absolute Gasteiger partial charge is 0.450 e. The molecule has 0 aliphatic rings. The molecule has 17 heavy (non-hydrogen) atoms. The Morgan fingerprint density at radius 2 is 2.00 bits per heavy atom. The Kier molecular flexibility index (Phi) is 2.92. The van der Waals surface area contributed by atoms with E-state index in [2.05, 4.69) is 5.32 Å². The van der Waals surface area contributed by atoms with Crippen molar-refractivity contribution < 1.29 is 9.21 Å². The molecule has 0 saturated carbocycles. The van der Waals surface area contributed by atoms with Crippen molar-refractivity contribution in [3.05, 3.63) is 35.1 Å². The highest BCUT2D eigenvalue weighted by Crippen LogP contribution is 2.27. The molecule has 0 unspecified atom stereocenters. The quantitative estimate of drug-likeness (QED) is 0.862. The van der Waals surface area contributed by atoms with Gasteiger partial charge in [-0.2, -0.15) is 0 Å². The highest BCUT2D eigenvalue weighted by atomic mass is 16.3. The third kappa shape index (κ3) is 2.05. The van der Waals surface area contributed by atoms with E-state index in [1.165, 1.54) is 0 Å². The zero-order valence-electron chi connectivity index (χ0n) is 10.6. The van der Waals surface area contributed by atoms with Crippen LogP contribution in [0, 0.1) is 13.8 Å². The summed E-state index contributed by atoms with van der Waals surface area (Å²) < 4.78 is 5.68. The molecule has 1 N–H and O–H groups in total. The molecular formula is C14H17NO2. The Morgan fingerprint density at radius 3 is 2.59 bits per heavy atom. The van der Waals surface area contributed by atoms with Crippen LogP contribution in [-0.2, 0) is 0 Å². The molecular weight excluding hydrogens is 214 g/mol. The van der Waals surface area contributed by atoms with Gasteiger partial charge in [-0.05, 0) is 33.3 Å². The monoisotopic (exact) mass is 231 g/mol. The Bertz CT molecular complexity index is 567. The van der Waals surface area contributed by atoms with Crippen molar-refractivity contribution in [3.63, 3.8) is 0 Å². The zero-order valence-corrected chi connectivity index (χ0v) is 10.6. The summed E-state index contributed by atoms with van der Waals surface area (Å²) in [4.78, 5) is 12.0. The van der Waals surface area contributed by atoms with Gasteiger partial charge in [-0.1, -0.05) is 18.2 Å². The van der Waals surface area contributed by atoms with E-state index in [0.717, 1.165) is 22.1 Å². The van der Waals surface area contributed by atoms with Gasteiger partial charge in [-0.15, -0.1) is 0 Å². The van der Waals surface area contributed by atoms with Crippen LogP contribution in [0.5, 0.6) is 0 Å². The minimum absolute atomic E-state index is 0.108. The minimum atomic E-state index is -0.145. The average Bonchev–Trinajstić information content (AvgIpc) is 2.57. The number of carbonyl (C=O) groups is 1. The maximum absolute atomic E-state index is 12.0. The summed E-state index contributed by atoms with van der Waals surface area (Å²) in [5, 5.41) is 3.86. The Morgan fingerprint density at radius 1 is 1.29 bits per heavy atom. The van der Waals surface area contributed by atoms with Crippen molar-refractivity contribution in [1.82, 2.24) is 5.32 Å². The molecule has 0 aliphatic heterocycles. The van der Waals surface area contributed by atoms with E-state index in [1.54, 1.807) is 0 Å². The first kappa shape index (κ1) is 11.7. The van der Waals surface area contributed by atoms with E-state index >= 15 is 0 Å². The van der Waals surface area contributed by atoms with E-state index in [4.69, 9.17) is 4.42 Å². The van der Waals surface area contributed by atoms with Gasteiger partial charge in [0.15, 0.2) is 5.76 Å². The summed E-state index contributed by atoms with van der Waals surface area (Å²) in [5.41, 5.74) is 2.76. The molecule has 0 saturated heterocycles. The topological polar surface area (TPSA) is 42.2 Å². The van der Waals surface area contributed by atoms with Gasteiger partial charge >= 0.3 is 0 Å². The van der Waals surface area contributed by atoms with Gasteiger partial charge in [0, 0.05) is 17.0 Å². The van der Waals surface area contributed by atoms with Gasteiger partial charge in [0.1, 0.15) is 5.58 Å². The van der Waals surface area contributed by atoms with E-state index in [9.17, 15) is 4.79 Å². The van der Waals surface area contributed by atoms with Crippen LogP contribution < -0.4 is 5.32 Å². The predicted octanol–water partition coefficient (Wildman–Crippen LogP) is 3.19. The molecule has 0 atom stereocenters. The van der Waals surface area contributed by atoms with E-state index in [1.807, 2.05) is 45.9 Å². The predicted molar refractivity (Wildman–Crippen MR) is 68.3 cm³/mol. The van der Waals surface area contributed by atoms with Crippen LogP contribution in [0.3, 0.4) is 0 Å². The molecule has 0 spiro atoms.